The highest BCUT2D eigenvalue weighted by Gasteiger charge is 2.43. The lowest BCUT2D eigenvalue weighted by Gasteiger charge is -2.27. The molecule has 1 aliphatic heterocycles. The first-order valence-corrected chi connectivity index (χ1v) is 10.5. The van der Waals surface area contributed by atoms with Crippen molar-refractivity contribution in [1.82, 2.24) is 4.90 Å². The molecule has 3 rings (SSSR count). The number of benzene rings is 2. The van der Waals surface area contributed by atoms with Gasteiger partial charge in [-0.3, -0.25) is 4.90 Å². The highest BCUT2D eigenvalue weighted by molar-refractivity contribution is 5.82. The summed E-state index contributed by atoms with van der Waals surface area (Å²) in [6.07, 6.45) is -1.26. The van der Waals surface area contributed by atoms with Gasteiger partial charge in [0.1, 0.15) is 30.1 Å². The number of esters is 1. The molecule has 0 aliphatic carbocycles. The first-order chi connectivity index (χ1) is 15.6. The maximum atomic E-state index is 14.3. The first kappa shape index (κ1) is 24.3. The monoisotopic (exact) mass is 463 g/mol. The van der Waals surface area contributed by atoms with Gasteiger partial charge in [0.15, 0.2) is 11.6 Å². The van der Waals surface area contributed by atoms with Gasteiger partial charge in [-0.05, 0) is 26.3 Å². The second-order valence-corrected chi connectivity index (χ2v) is 8.64. The second kappa shape index (κ2) is 10.1. The number of nitrogens with zero attached hydrogens (tertiary/aromatic N) is 1. The molecule has 7 nitrogen and oxygen atoms in total. The number of hydrogen-bond acceptors (Lipinski definition) is 6. The molecule has 0 radical (unpaired) electrons. The van der Waals surface area contributed by atoms with Crippen LogP contribution in [0.1, 0.15) is 32.8 Å². The van der Waals surface area contributed by atoms with Crippen LogP contribution in [0.2, 0.25) is 0 Å². The molecule has 2 aromatic rings. The molecule has 0 unspecified atom stereocenters. The van der Waals surface area contributed by atoms with Crippen LogP contribution in [0.4, 0.5) is 13.6 Å². The Morgan fingerprint density at radius 2 is 1.82 bits per heavy atom. The van der Waals surface area contributed by atoms with E-state index in [-0.39, 0.29) is 31.1 Å². The number of ether oxygens (including phenoxy) is 4. The quantitative estimate of drug-likeness (QED) is 0.589. The lowest BCUT2D eigenvalue weighted by atomic mass is 10.2. The van der Waals surface area contributed by atoms with Gasteiger partial charge in [-0.15, -0.1) is 0 Å². The minimum atomic E-state index is -1.14. The third-order valence-electron chi connectivity index (χ3n) is 4.87. The summed E-state index contributed by atoms with van der Waals surface area (Å²) in [6.45, 7) is 5.18. The van der Waals surface area contributed by atoms with Crippen LogP contribution in [0, 0.1) is 11.6 Å². The molecule has 1 heterocycles. The fourth-order valence-electron chi connectivity index (χ4n) is 3.41. The Hall–Kier alpha value is -3.36. The number of hydrogen-bond donors (Lipinski definition) is 0. The minimum Gasteiger partial charge on any atom is -0.488 e. The van der Waals surface area contributed by atoms with Crippen molar-refractivity contribution < 1.29 is 37.3 Å². The van der Waals surface area contributed by atoms with E-state index >= 15 is 0 Å². The molecule has 33 heavy (non-hydrogen) atoms. The fourth-order valence-corrected chi connectivity index (χ4v) is 3.41. The second-order valence-electron chi connectivity index (χ2n) is 8.64. The molecule has 0 saturated carbocycles. The molecule has 2 atom stereocenters. The molecule has 0 spiro atoms. The predicted molar refractivity (Wildman–Crippen MR) is 115 cm³/mol. The van der Waals surface area contributed by atoms with E-state index in [0.717, 1.165) is 11.6 Å². The van der Waals surface area contributed by atoms with E-state index in [4.69, 9.17) is 18.9 Å². The molecule has 0 bridgehead atoms. The maximum Gasteiger partial charge on any atom is 0.411 e. The van der Waals surface area contributed by atoms with Crippen molar-refractivity contribution in [3.05, 3.63) is 59.7 Å². The molecule has 1 aliphatic rings. The van der Waals surface area contributed by atoms with Crippen LogP contribution in [0.5, 0.6) is 11.5 Å². The predicted octanol–water partition coefficient (Wildman–Crippen LogP) is 4.47. The van der Waals surface area contributed by atoms with E-state index in [1.54, 1.807) is 32.9 Å². The Balaban J connectivity index is 1.74. The van der Waals surface area contributed by atoms with Gasteiger partial charge < -0.3 is 18.9 Å². The van der Waals surface area contributed by atoms with Crippen LogP contribution in [0.3, 0.4) is 0 Å². The van der Waals surface area contributed by atoms with Crippen LogP contribution >= 0.6 is 0 Å². The van der Waals surface area contributed by atoms with Gasteiger partial charge in [-0.25, -0.2) is 14.0 Å². The zero-order valence-corrected chi connectivity index (χ0v) is 19.0. The van der Waals surface area contributed by atoms with E-state index in [0.29, 0.717) is 0 Å². The summed E-state index contributed by atoms with van der Waals surface area (Å²) in [4.78, 5) is 26.0. The first-order valence-electron chi connectivity index (χ1n) is 10.5. The summed E-state index contributed by atoms with van der Waals surface area (Å²) in [7, 11) is 1.22. The molecule has 0 aromatic heterocycles. The van der Waals surface area contributed by atoms with Crippen LogP contribution in [0.25, 0.3) is 0 Å². The Labute approximate surface area is 191 Å². The highest BCUT2D eigenvalue weighted by atomic mass is 19.2. The number of likely N-dealkylation sites (tertiary alicyclic amines) is 1. The fraction of sp³-hybridized carbons (Fsp3) is 0.417. The van der Waals surface area contributed by atoms with E-state index in [2.05, 4.69) is 0 Å². The van der Waals surface area contributed by atoms with Gasteiger partial charge in [0, 0.05) is 18.6 Å². The van der Waals surface area contributed by atoms with Gasteiger partial charge in [-0.1, -0.05) is 30.3 Å². The summed E-state index contributed by atoms with van der Waals surface area (Å²) < 4.78 is 49.9. The van der Waals surface area contributed by atoms with Crippen LogP contribution in [-0.4, -0.2) is 48.4 Å². The zero-order chi connectivity index (χ0) is 24.2. The Kier molecular flexibility index (Phi) is 7.40. The van der Waals surface area contributed by atoms with Crippen molar-refractivity contribution in [2.75, 3.05) is 13.7 Å². The molecule has 0 N–H and O–H groups in total. The summed E-state index contributed by atoms with van der Waals surface area (Å²) in [6, 6.07) is 10.3. The Bertz CT molecular complexity index is 992. The topological polar surface area (TPSA) is 74.3 Å². The third-order valence-corrected chi connectivity index (χ3v) is 4.87. The van der Waals surface area contributed by atoms with Crippen molar-refractivity contribution >= 4 is 12.1 Å². The number of carbonyl (C=O) groups is 2. The van der Waals surface area contributed by atoms with Gasteiger partial charge in [-0.2, -0.15) is 4.39 Å². The number of halogens is 2. The highest BCUT2D eigenvalue weighted by Crippen LogP contribution is 2.31. The van der Waals surface area contributed by atoms with Crippen molar-refractivity contribution in [1.29, 1.82) is 0 Å². The molecular formula is C24H27F2NO6. The van der Waals surface area contributed by atoms with Crippen molar-refractivity contribution in [3.63, 3.8) is 0 Å². The smallest absolute Gasteiger partial charge is 0.411 e. The number of methoxy groups -OCH3 is 1. The number of amides is 1. The molecule has 178 valence electrons. The molecule has 1 fully saturated rings. The van der Waals surface area contributed by atoms with E-state index in [9.17, 15) is 18.4 Å². The van der Waals surface area contributed by atoms with E-state index in [1.165, 1.54) is 18.1 Å². The average Bonchev–Trinajstić information content (AvgIpc) is 3.18. The zero-order valence-electron chi connectivity index (χ0n) is 19.0. The maximum absolute atomic E-state index is 14.3. The van der Waals surface area contributed by atoms with Crippen LogP contribution in [-0.2, 0) is 20.9 Å². The summed E-state index contributed by atoms with van der Waals surface area (Å²) in [5.41, 5.74) is 0.0234. The van der Waals surface area contributed by atoms with Gasteiger partial charge in [0.25, 0.3) is 0 Å². The number of carbonyl (C=O) groups excluding carboxylic acids is 2. The molecule has 2 aromatic carbocycles. The van der Waals surface area contributed by atoms with Gasteiger partial charge in [0.2, 0.25) is 5.82 Å². The Morgan fingerprint density at radius 3 is 2.45 bits per heavy atom. The summed E-state index contributed by atoms with van der Waals surface area (Å²) >= 11 is 0. The van der Waals surface area contributed by atoms with E-state index in [1.807, 2.05) is 18.2 Å². The van der Waals surface area contributed by atoms with Gasteiger partial charge in [0.05, 0.1) is 13.7 Å². The SMILES string of the molecule is COC(=O)[C@@H]1C[C@H](Oc2cc(F)c(F)c(OCc3ccccc3)c2)CN1C(=O)OC(C)(C)C. The van der Waals surface area contributed by atoms with Crippen LogP contribution < -0.4 is 9.47 Å². The Morgan fingerprint density at radius 1 is 1.12 bits per heavy atom. The standard InChI is InChI=1S/C24H27F2NO6/c1-24(2,3)33-23(29)27-13-17(11-19(27)22(28)30-4)32-16-10-18(25)21(26)20(12-16)31-14-15-8-6-5-7-9-15/h5-10,12,17,19H,11,13-14H2,1-4H3/t17-,19-/m0/s1. The van der Waals surface area contributed by atoms with Crippen LogP contribution in [0.15, 0.2) is 42.5 Å². The molecule has 1 saturated heterocycles. The van der Waals surface area contributed by atoms with Crippen molar-refractivity contribution in [2.24, 2.45) is 0 Å². The van der Waals surface area contributed by atoms with Gasteiger partial charge >= 0.3 is 12.1 Å². The average molecular weight is 463 g/mol. The normalized spacial score (nSPS) is 18.1. The van der Waals surface area contributed by atoms with Crippen molar-refractivity contribution in [2.45, 2.75) is 51.5 Å². The number of rotatable bonds is 6. The summed E-state index contributed by atoms with van der Waals surface area (Å²) in [5.74, 6) is -3.18. The minimum absolute atomic E-state index is 0.00782. The lowest BCUT2D eigenvalue weighted by molar-refractivity contribution is -0.145. The largest absolute Gasteiger partial charge is 0.488 e. The molecule has 9 heteroatoms. The van der Waals surface area contributed by atoms with E-state index < -0.39 is 41.4 Å². The third kappa shape index (κ3) is 6.34. The lowest BCUT2D eigenvalue weighted by Crippen LogP contribution is -2.44. The molecular weight excluding hydrogens is 436 g/mol. The summed E-state index contributed by atoms with van der Waals surface area (Å²) in [5, 5.41) is 0. The van der Waals surface area contributed by atoms with Crippen molar-refractivity contribution in [3.8, 4) is 11.5 Å². The molecule has 1 amide bonds.